The molecule has 0 saturated carbocycles. The fraction of sp³-hybridized carbons (Fsp3) is 0.211. The Morgan fingerprint density at radius 1 is 1.29 bits per heavy atom. The molecule has 5 heteroatoms. The number of aliphatic hydroxyl groups is 1. The number of amides is 1. The highest BCUT2D eigenvalue weighted by atomic mass is 32.1. The molecular formula is C19H19NO3S. The first-order valence-electron chi connectivity index (χ1n) is 7.65. The summed E-state index contributed by atoms with van der Waals surface area (Å²) in [6.45, 7) is 3.92. The Morgan fingerprint density at radius 2 is 2.12 bits per heavy atom. The lowest BCUT2D eigenvalue weighted by Crippen LogP contribution is -2.41. The monoisotopic (exact) mass is 341 g/mol. The zero-order chi connectivity index (χ0) is 17.2. The van der Waals surface area contributed by atoms with E-state index in [9.17, 15) is 9.90 Å². The van der Waals surface area contributed by atoms with Crippen LogP contribution in [0.1, 0.15) is 31.9 Å². The van der Waals surface area contributed by atoms with Crippen molar-refractivity contribution in [2.24, 2.45) is 0 Å². The van der Waals surface area contributed by atoms with Gasteiger partial charge in [-0.05, 0) is 43.0 Å². The van der Waals surface area contributed by atoms with Gasteiger partial charge >= 0.3 is 0 Å². The second kappa shape index (κ2) is 6.63. The molecule has 0 aliphatic heterocycles. The van der Waals surface area contributed by atoms with E-state index in [1.807, 2.05) is 49.6 Å². The van der Waals surface area contributed by atoms with Crippen molar-refractivity contribution < 1.29 is 14.3 Å². The molecule has 0 unspecified atom stereocenters. The molecule has 3 rings (SSSR count). The Hall–Kier alpha value is -2.37. The van der Waals surface area contributed by atoms with Gasteiger partial charge in [-0.2, -0.15) is 0 Å². The van der Waals surface area contributed by atoms with Crippen LogP contribution in [-0.2, 0) is 5.60 Å². The summed E-state index contributed by atoms with van der Waals surface area (Å²) in [4.78, 5) is 13.3. The molecule has 0 saturated heterocycles. The van der Waals surface area contributed by atoms with Gasteiger partial charge in [-0.25, -0.2) is 0 Å². The molecule has 0 bridgehead atoms. The van der Waals surface area contributed by atoms with Crippen LogP contribution in [0.25, 0.3) is 0 Å². The van der Waals surface area contributed by atoms with Crippen molar-refractivity contribution in [1.29, 1.82) is 0 Å². The maximum Gasteiger partial charge on any atom is 0.251 e. The molecule has 24 heavy (non-hydrogen) atoms. The first kappa shape index (κ1) is 16.5. The topological polar surface area (TPSA) is 62.5 Å². The van der Waals surface area contributed by atoms with Gasteiger partial charge in [0.05, 0.1) is 19.1 Å². The highest BCUT2D eigenvalue weighted by Gasteiger charge is 2.34. The minimum atomic E-state index is -1.31. The summed E-state index contributed by atoms with van der Waals surface area (Å²) in [5.41, 5.74) is 1.85. The van der Waals surface area contributed by atoms with Gasteiger partial charge in [0.2, 0.25) is 0 Å². The first-order valence-corrected chi connectivity index (χ1v) is 8.53. The van der Waals surface area contributed by atoms with Crippen molar-refractivity contribution in [1.82, 2.24) is 5.32 Å². The summed E-state index contributed by atoms with van der Waals surface area (Å²) in [5, 5.41) is 15.9. The maximum absolute atomic E-state index is 12.6. The number of thiophene rings is 1. The lowest BCUT2D eigenvalue weighted by atomic mass is 9.94. The van der Waals surface area contributed by atoms with E-state index in [4.69, 9.17) is 4.42 Å². The molecule has 0 spiro atoms. The second-order valence-electron chi connectivity index (χ2n) is 5.85. The lowest BCUT2D eigenvalue weighted by molar-refractivity contribution is 0.0714. The quantitative estimate of drug-likeness (QED) is 0.745. The van der Waals surface area contributed by atoms with Crippen LogP contribution in [0.2, 0.25) is 0 Å². The SMILES string of the molecule is Cc1ccc(C)c(C(=O)NC[C@](O)(c2ccoc2)c2cccs2)c1. The number of hydrogen-bond donors (Lipinski definition) is 2. The highest BCUT2D eigenvalue weighted by Crippen LogP contribution is 2.32. The Labute approximate surface area is 144 Å². The van der Waals surface area contributed by atoms with Gasteiger partial charge in [0, 0.05) is 16.0 Å². The Morgan fingerprint density at radius 3 is 2.79 bits per heavy atom. The van der Waals surface area contributed by atoms with Gasteiger partial charge in [0.25, 0.3) is 5.91 Å². The molecule has 2 aromatic heterocycles. The number of aryl methyl sites for hydroxylation is 2. The third kappa shape index (κ3) is 3.13. The van der Waals surface area contributed by atoms with Gasteiger partial charge in [0.1, 0.15) is 5.60 Å². The fourth-order valence-corrected chi connectivity index (χ4v) is 3.47. The number of carbonyl (C=O) groups is 1. The molecular weight excluding hydrogens is 322 g/mol. The van der Waals surface area contributed by atoms with Crippen LogP contribution < -0.4 is 5.32 Å². The predicted molar refractivity (Wildman–Crippen MR) is 94.3 cm³/mol. The summed E-state index contributed by atoms with van der Waals surface area (Å²) in [5.74, 6) is -0.199. The molecule has 0 aliphatic rings. The molecule has 2 N–H and O–H groups in total. The van der Waals surface area contributed by atoms with Gasteiger partial charge in [-0.3, -0.25) is 4.79 Å². The van der Waals surface area contributed by atoms with E-state index in [-0.39, 0.29) is 12.5 Å². The minimum Gasteiger partial charge on any atom is -0.472 e. The largest absolute Gasteiger partial charge is 0.472 e. The van der Waals surface area contributed by atoms with Crippen molar-refractivity contribution >= 4 is 17.2 Å². The molecule has 1 aromatic carbocycles. The molecule has 124 valence electrons. The summed E-state index contributed by atoms with van der Waals surface area (Å²) in [6.07, 6.45) is 3.02. The maximum atomic E-state index is 12.6. The van der Waals surface area contributed by atoms with Crippen LogP contribution in [0.15, 0.2) is 58.7 Å². The van der Waals surface area contributed by atoms with Crippen molar-refractivity contribution in [3.8, 4) is 0 Å². The van der Waals surface area contributed by atoms with Gasteiger partial charge in [-0.15, -0.1) is 11.3 Å². The van der Waals surface area contributed by atoms with Crippen LogP contribution in [0.3, 0.4) is 0 Å². The number of nitrogens with one attached hydrogen (secondary N) is 1. The Bertz CT molecular complexity index is 788. The summed E-state index contributed by atoms with van der Waals surface area (Å²) in [6, 6.07) is 11.2. The molecule has 1 amide bonds. The molecule has 0 aliphatic carbocycles. The Balaban J connectivity index is 1.85. The van der Waals surface area contributed by atoms with Crippen LogP contribution in [0.5, 0.6) is 0 Å². The predicted octanol–water partition coefficient (Wildman–Crippen LogP) is 3.62. The third-order valence-electron chi connectivity index (χ3n) is 4.07. The van der Waals surface area contributed by atoms with Gasteiger partial charge < -0.3 is 14.8 Å². The summed E-state index contributed by atoms with van der Waals surface area (Å²) >= 11 is 1.44. The number of rotatable bonds is 5. The van der Waals surface area contributed by atoms with Crippen molar-refractivity contribution in [3.63, 3.8) is 0 Å². The van der Waals surface area contributed by atoms with E-state index in [0.717, 1.165) is 16.0 Å². The zero-order valence-corrected chi connectivity index (χ0v) is 14.4. The smallest absolute Gasteiger partial charge is 0.251 e. The second-order valence-corrected chi connectivity index (χ2v) is 6.80. The van der Waals surface area contributed by atoms with E-state index in [0.29, 0.717) is 11.1 Å². The number of furan rings is 1. The van der Waals surface area contributed by atoms with Crippen molar-refractivity contribution in [2.45, 2.75) is 19.4 Å². The number of carbonyl (C=O) groups excluding carboxylic acids is 1. The number of benzene rings is 1. The van der Waals surface area contributed by atoms with E-state index >= 15 is 0 Å². The first-order chi connectivity index (χ1) is 11.5. The summed E-state index contributed by atoms with van der Waals surface area (Å²) in [7, 11) is 0. The van der Waals surface area contributed by atoms with Gasteiger partial charge in [-0.1, -0.05) is 23.8 Å². The fourth-order valence-electron chi connectivity index (χ4n) is 2.63. The van der Waals surface area contributed by atoms with Gasteiger partial charge in [0.15, 0.2) is 0 Å². The third-order valence-corrected chi connectivity index (χ3v) is 5.09. The molecule has 4 nitrogen and oxygen atoms in total. The molecule has 3 aromatic rings. The van der Waals surface area contributed by atoms with Crippen LogP contribution in [-0.4, -0.2) is 17.6 Å². The van der Waals surface area contributed by atoms with E-state index < -0.39 is 5.60 Å². The zero-order valence-electron chi connectivity index (χ0n) is 13.6. The van der Waals surface area contributed by atoms with E-state index in [1.54, 1.807) is 6.07 Å². The van der Waals surface area contributed by atoms with Crippen molar-refractivity contribution in [2.75, 3.05) is 6.54 Å². The van der Waals surface area contributed by atoms with E-state index in [2.05, 4.69) is 5.32 Å². The van der Waals surface area contributed by atoms with Crippen molar-refractivity contribution in [3.05, 3.63) is 81.4 Å². The van der Waals surface area contributed by atoms with Crippen LogP contribution in [0.4, 0.5) is 0 Å². The van der Waals surface area contributed by atoms with Crippen LogP contribution >= 0.6 is 11.3 Å². The normalized spacial score (nSPS) is 13.5. The number of hydrogen-bond acceptors (Lipinski definition) is 4. The lowest BCUT2D eigenvalue weighted by Gasteiger charge is -2.26. The molecule has 0 radical (unpaired) electrons. The summed E-state index contributed by atoms with van der Waals surface area (Å²) < 4.78 is 5.12. The highest BCUT2D eigenvalue weighted by molar-refractivity contribution is 7.10. The molecule has 0 fully saturated rings. The average molecular weight is 341 g/mol. The minimum absolute atomic E-state index is 0.0687. The van der Waals surface area contributed by atoms with E-state index in [1.165, 1.54) is 23.9 Å². The standard InChI is InChI=1S/C19H19NO3S/c1-13-5-6-14(2)16(10-13)18(21)20-12-19(22,15-7-8-23-11-15)17-4-3-9-24-17/h3-11,22H,12H2,1-2H3,(H,20,21)/t19-/m0/s1. The molecule has 2 heterocycles. The molecule has 1 atom stereocenters. The average Bonchev–Trinajstić information content (AvgIpc) is 3.28. The Kier molecular flexibility index (Phi) is 4.55. The van der Waals surface area contributed by atoms with Crippen LogP contribution in [0, 0.1) is 13.8 Å².